The van der Waals surface area contributed by atoms with Gasteiger partial charge in [0.2, 0.25) is 5.88 Å². The summed E-state index contributed by atoms with van der Waals surface area (Å²) in [6, 6.07) is 6.89. The number of aliphatic hydroxyl groups is 1. The average molecular weight is 399 g/mol. The van der Waals surface area contributed by atoms with Gasteiger partial charge in [0.05, 0.1) is 41.2 Å². The molecular weight excluding hydrogens is 381 g/mol. The van der Waals surface area contributed by atoms with E-state index >= 15 is 0 Å². The van der Waals surface area contributed by atoms with E-state index in [1.54, 1.807) is 26.3 Å². The summed E-state index contributed by atoms with van der Waals surface area (Å²) < 4.78 is 25.7. The number of halogens is 1. The molecule has 6 nitrogen and oxygen atoms in total. The Labute approximate surface area is 164 Å². The number of hydrogen-bond acceptors (Lipinski definition) is 7. The molecule has 4 rings (SSSR count). The maximum absolute atomic E-state index is 14.4. The molecule has 144 valence electrons. The number of aryl methyl sites for hydroxylation is 1. The van der Waals surface area contributed by atoms with Crippen LogP contribution in [0.4, 0.5) is 4.39 Å². The van der Waals surface area contributed by atoms with Gasteiger partial charge in [0, 0.05) is 17.7 Å². The van der Waals surface area contributed by atoms with Crippen LogP contribution < -0.4 is 9.47 Å². The summed E-state index contributed by atoms with van der Waals surface area (Å²) in [4.78, 5) is 13.5. The molecule has 2 aromatic heterocycles. The maximum atomic E-state index is 14.4. The summed E-state index contributed by atoms with van der Waals surface area (Å²) in [6.07, 6.45) is 1.07. The van der Waals surface area contributed by atoms with Crippen LogP contribution in [0.15, 0.2) is 30.5 Å². The van der Waals surface area contributed by atoms with Gasteiger partial charge in [-0.3, -0.25) is 0 Å². The molecule has 0 saturated heterocycles. The number of fused-ring (bicyclic) bond motifs is 2. The van der Waals surface area contributed by atoms with E-state index in [4.69, 9.17) is 14.6 Å². The van der Waals surface area contributed by atoms with Gasteiger partial charge in [0.15, 0.2) is 11.6 Å². The van der Waals surface area contributed by atoms with Crippen molar-refractivity contribution >= 4 is 32.6 Å². The number of hydrogen-bond donors (Lipinski definition) is 1. The standard InChI is InChI=1S/C20H18FN3O3S/c1-10-4-12(19-15(5-10)23-18(26-3)8-22-19)20-24-14-6-13(21)16(7-17(14)28-20)27-11(2)9-25/h4-8,11,25H,9H2,1-3H3/t11-/m1/s1. The second-order valence-corrected chi connectivity index (χ2v) is 7.50. The molecule has 1 N–H and O–H groups in total. The largest absolute Gasteiger partial charge is 0.485 e. The van der Waals surface area contributed by atoms with E-state index < -0.39 is 11.9 Å². The molecule has 0 aliphatic carbocycles. The zero-order chi connectivity index (χ0) is 19.8. The second kappa shape index (κ2) is 7.29. The van der Waals surface area contributed by atoms with Crippen LogP contribution in [0.2, 0.25) is 0 Å². The summed E-state index contributed by atoms with van der Waals surface area (Å²) in [5.74, 6) is 0.0290. The predicted molar refractivity (Wildman–Crippen MR) is 107 cm³/mol. The number of methoxy groups -OCH3 is 1. The van der Waals surface area contributed by atoms with E-state index in [2.05, 4.69) is 15.0 Å². The Morgan fingerprint density at radius 2 is 2.00 bits per heavy atom. The molecule has 2 aromatic carbocycles. The third kappa shape index (κ3) is 3.36. The first-order valence-corrected chi connectivity index (χ1v) is 9.49. The zero-order valence-electron chi connectivity index (χ0n) is 15.6. The van der Waals surface area contributed by atoms with Gasteiger partial charge < -0.3 is 14.6 Å². The molecule has 8 heteroatoms. The number of rotatable bonds is 5. The minimum atomic E-state index is -0.511. The normalized spacial score (nSPS) is 12.5. The van der Waals surface area contributed by atoms with Crippen molar-refractivity contribution in [3.05, 3.63) is 41.8 Å². The van der Waals surface area contributed by atoms with Gasteiger partial charge in [0.25, 0.3) is 0 Å². The fourth-order valence-electron chi connectivity index (χ4n) is 2.90. The minimum Gasteiger partial charge on any atom is -0.485 e. The van der Waals surface area contributed by atoms with Crippen LogP contribution in [0.5, 0.6) is 11.6 Å². The second-order valence-electron chi connectivity index (χ2n) is 6.47. The predicted octanol–water partition coefficient (Wildman–Crippen LogP) is 4.12. The van der Waals surface area contributed by atoms with E-state index in [1.165, 1.54) is 17.4 Å². The Morgan fingerprint density at radius 3 is 2.75 bits per heavy atom. The van der Waals surface area contributed by atoms with Crippen LogP contribution in [0.3, 0.4) is 0 Å². The van der Waals surface area contributed by atoms with Crippen molar-refractivity contribution in [3.63, 3.8) is 0 Å². The lowest BCUT2D eigenvalue weighted by Gasteiger charge is -2.12. The average Bonchev–Trinajstić information content (AvgIpc) is 3.09. The lowest BCUT2D eigenvalue weighted by atomic mass is 10.1. The highest BCUT2D eigenvalue weighted by Crippen LogP contribution is 2.37. The first kappa shape index (κ1) is 18.5. The Bertz CT molecular complexity index is 1180. The van der Waals surface area contributed by atoms with E-state index in [0.29, 0.717) is 22.4 Å². The number of aliphatic hydroxyl groups excluding tert-OH is 1. The molecular formula is C20H18FN3O3S. The fourth-order valence-corrected chi connectivity index (χ4v) is 3.89. The van der Waals surface area contributed by atoms with Crippen molar-refractivity contribution in [2.45, 2.75) is 20.0 Å². The lowest BCUT2D eigenvalue weighted by molar-refractivity contribution is 0.125. The molecule has 0 radical (unpaired) electrons. The summed E-state index contributed by atoms with van der Waals surface area (Å²) in [7, 11) is 1.55. The van der Waals surface area contributed by atoms with E-state index in [1.807, 2.05) is 19.1 Å². The Kier molecular flexibility index (Phi) is 4.82. The van der Waals surface area contributed by atoms with Gasteiger partial charge in [-0.25, -0.2) is 19.3 Å². The molecule has 0 aliphatic heterocycles. The topological polar surface area (TPSA) is 77.4 Å². The highest BCUT2D eigenvalue weighted by molar-refractivity contribution is 7.21. The molecule has 28 heavy (non-hydrogen) atoms. The molecule has 0 fully saturated rings. The molecule has 0 saturated carbocycles. The maximum Gasteiger partial charge on any atom is 0.232 e. The molecule has 0 aliphatic rings. The summed E-state index contributed by atoms with van der Waals surface area (Å²) in [5, 5.41) is 9.86. The molecule has 2 heterocycles. The van der Waals surface area contributed by atoms with Crippen molar-refractivity contribution in [2.24, 2.45) is 0 Å². The number of aromatic nitrogens is 3. The number of nitrogens with zero attached hydrogens (tertiary/aromatic N) is 3. The SMILES string of the molecule is COc1cnc2c(-c3nc4cc(F)c(O[C@H](C)CO)cc4s3)cc(C)cc2n1. The Morgan fingerprint density at radius 1 is 1.18 bits per heavy atom. The monoisotopic (exact) mass is 399 g/mol. The molecule has 1 atom stereocenters. The van der Waals surface area contributed by atoms with E-state index in [9.17, 15) is 4.39 Å². The number of ether oxygens (including phenoxy) is 2. The van der Waals surface area contributed by atoms with Crippen molar-refractivity contribution in [1.82, 2.24) is 15.0 Å². The summed E-state index contributed by atoms with van der Waals surface area (Å²) >= 11 is 1.42. The first-order valence-electron chi connectivity index (χ1n) is 8.68. The fraction of sp³-hybridized carbons (Fsp3) is 0.250. The third-order valence-corrected chi connectivity index (χ3v) is 5.29. The lowest BCUT2D eigenvalue weighted by Crippen LogP contribution is -2.16. The van der Waals surface area contributed by atoms with Crippen LogP contribution in [-0.2, 0) is 0 Å². The molecule has 0 unspecified atom stereocenters. The molecule has 4 aromatic rings. The highest BCUT2D eigenvalue weighted by atomic mass is 32.1. The zero-order valence-corrected chi connectivity index (χ0v) is 16.4. The quantitative estimate of drug-likeness (QED) is 0.544. The number of thiazole rings is 1. The van der Waals surface area contributed by atoms with Gasteiger partial charge in [-0.1, -0.05) is 0 Å². The number of benzene rings is 2. The van der Waals surface area contributed by atoms with Crippen LogP contribution >= 0.6 is 11.3 Å². The molecule has 0 amide bonds. The molecule has 0 spiro atoms. The minimum absolute atomic E-state index is 0.0999. The summed E-state index contributed by atoms with van der Waals surface area (Å²) in [6.45, 7) is 3.45. The third-order valence-electron chi connectivity index (χ3n) is 4.24. The highest BCUT2D eigenvalue weighted by Gasteiger charge is 2.16. The Hall–Kier alpha value is -2.84. The van der Waals surface area contributed by atoms with E-state index in [-0.39, 0.29) is 12.4 Å². The van der Waals surface area contributed by atoms with Gasteiger partial charge in [-0.15, -0.1) is 11.3 Å². The van der Waals surface area contributed by atoms with Gasteiger partial charge in [-0.2, -0.15) is 0 Å². The van der Waals surface area contributed by atoms with Crippen molar-refractivity contribution in [3.8, 4) is 22.2 Å². The van der Waals surface area contributed by atoms with Gasteiger partial charge in [-0.05, 0) is 31.5 Å². The smallest absolute Gasteiger partial charge is 0.232 e. The van der Waals surface area contributed by atoms with Crippen molar-refractivity contribution < 1.29 is 19.0 Å². The Balaban J connectivity index is 1.85. The van der Waals surface area contributed by atoms with Crippen LogP contribution in [0.1, 0.15) is 12.5 Å². The van der Waals surface area contributed by atoms with Crippen LogP contribution in [0, 0.1) is 12.7 Å². The summed E-state index contributed by atoms with van der Waals surface area (Å²) in [5.41, 5.74) is 3.80. The van der Waals surface area contributed by atoms with Crippen molar-refractivity contribution in [1.29, 1.82) is 0 Å². The van der Waals surface area contributed by atoms with Gasteiger partial charge in [0.1, 0.15) is 11.1 Å². The first-order chi connectivity index (χ1) is 13.5. The molecule has 0 bridgehead atoms. The van der Waals surface area contributed by atoms with Crippen LogP contribution in [0.25, 0.3) is 31.8 Å². The van der Waals surface area contributed by atoms with E-state index in [0.717, 1.165) is 20.8 Å². The van der Waals surface area contributed by atoms with Crippen molar-refractivity contribution in [2.75, 3.05) is 13.7 Å². The van der Waals surface area contributed by atoms with Crippen LogP contribution in [-0.4, -0.2) is 39.9 Å². The van der Waals surface area contributed by atoms with Gasteiger partial charge >= 0.3 is 0 Å².